The van der Waals surface area contributed by atoms with Gasteiger partial charge < -0.3 is 5.32 Å². The van der Waals surface area contributed by atoms with E-state index in [1.165, 1.54) is 28.2 Å². The molecule has 1 aromatic rings. The topological polar surface area (TPSA) is 12.0 Å². The average Bonchev–Trinajstić information content (AvgIpc) is 2.52. The largest absolute Gasteiger partial charge is 0.312 e. The van der Waals surface area contributed by atoms with Gasteiger partial charge in [0.25, 0.3) is 0 Å². The second kappa shape index (κ2) is 6.29. The highest BCUT2D eigenvalue weighted by Gasteiger charge is 2.05. The molecule has 1 nitrogen and oxygen atoms in total. The number of aryl methyl sites for hydroxylation is 2. The number of thiophene rings is 1. The van der Waals surface area contributed by atoms with Gasteiger partial charge in [0.05, 0.1) is 0 Å². The third-order valence-electron chi connectivity index (χ3n) is 3.05. The molecule has 0 aliphatic carbocycles. The van der Waals surface area contributed by atoms with Gasteiger partial charge in [-0.25, -0.2) is 0 Å². The minimum Gasteiger partial charge on any atom is -0.312 e. The first kappa shape index (κ1) is 12.7. The summed E-state index contributed by atoms with van der Waals surface area (Å²) in [7, 11) is 0. The molecule has 0 aliphatic rings. The van der Waals surface area contributed by atoms with Crippen molar-refractivity contribution in [2.45, 2.75) is 47.1 Å². The van der Waals surface area contributed by atoms with Crippen molar-refractivity contribution in [3.8, 4) is 0 Å². The summed E-state index contributed by atoms with van der Waals surface area (Å²) in [4.78, 5) is 2.89. The van der Waals surface area contributed by atoms with E-state index in [-0.39, 0.29) is 0 Å². The SMILES string of the molecule is CCC(CC)CNCc1cc(C)sc1C. The van der Waals surface area contributed by atoms with Crippen LogP contribution in [0.1, 0.15) is 42.0 Å². The molecule has 0 spiro atoms. The van der Waals surface area contributed by atoms with Gasteiger partial charge >= 0.3 is 0 Å². The van der Waals surface area contributed by atoms with Crippen LogP contribution in [0, 0.1) is 19.8 Å². The van der Waals surface area contributed by atoms with E-state index in [4.69, 9.17) is 0 Å². The second-order valence-corrected chi connectivity index (χ2v) is 5.71. The maximum Gasteiger partial charge on any atom is 0.0216 e. The Hall–Kier alpha value is -0.340. The second-order valence-electron chi connectivity index (χ2n) is 4.25. The summed E-state index contributed by atoms with van der Waals surface area (Å²) in [5.74, 6) is 0.838. The molecule has 0 saturated heterocycles. The lowest BCUT2D eigenvalue weighted by Crippen LogP contribution is -2.21. The van der Waals surface area contributed by atoms with E-state index < -0.39 is 0 Å². The standard InChI is InChI=1S/C13H23NS/c1-5-12(6-2)8-14-9-13-7-10(3)15-11(13)4/h7,12,14H,5-6,8-9H2,1-4H3. The predicted molar refractivity (Wildman–Crippen MR) is 69.6 cm³/mol. The van der Waals surface area contributed by atoms with Crippen molar-refractivity contribution >= 4 is 11.3 Å². The van der Waals surface area contributed by atoms with Crippen LogP contribution in [-0.2, 0) is 6.54 Å². The number of hydrogen-bond donors (Lipinski definition) is 1. The molecule has 1 N–H and O–H groups in total. The highest BCUT2D eigenvalue weighted by Crippen LogP contribution is 2.20. The van der Waals surface area contributed by atoms with Gasteiger partial charge in [-0.15, -0.1) is 11.3 Å². The predicted octanol–water partition coefficient (Wildman–Crippen LogP) is 3.89. The van der Waals surface area contributed by atoms with Crippen molar-refractivity contribution in [2.75, 3.05) is 6.54 Å². The Morgan fingerprint density at radius 3 is 2.40 bits per heavy atom. The summed E-state index contributed by atoms with van der Waals surface area (Å²) in [5, 5.41) is 3.56. The van der Waals surface area contributed by atoms with Gasteiger partial charge in [-0.2, -0.15) is 0 Å². The van der Waals surface area contributed by atoms with Crippen molar-refractivity contribution in [3.63, 3.8) is 0 Å². The van der Waals surface area contributed by atoms with Gasteiger partial charge in [-0.1, -0.05) is 26.7 Å². The third kappa shape index (κ3) is 3.96. The van der Waals surface area contributed by atoms with Crippen molar-refractivity contribution in [3.05, 3.63) is 21.4 Å². The minimum atomic E-state index is 0.838. The van der Waals surface area contributed by atoms with Crippen LogP contribution < -0.4 is 5.32 Å². The molecule has 0 amide bonds. The fourth-order valence-electron chi connectivity index (χ4n) is 1.85. The Kier molecular flexibility index (Phi) is 5.34. The summed E-state index contributed by atoms with van der Waals surface area (Å²) in [5.41, 5.74) is 1.48. The lowest BCUT2D eigenvalue weighted by Gasteiger charge is -2.12. The van der Waals surface area contributed by atoms with Crippen LogP contribution in [0.3, 0.4) is 0 Å². The third-order valence-corrected chi connectivity index (χ3v) is 4.06. The molecular weight excluding hydrogens is 202 g/mol. The molecule has 1 heterocycles. The highest BCUT2D eigenvalue weighted by molar-refractivity contribution is 7.12. The molecule has 0 atom stereocenters. The van der Waals surface area contributed by atoms with Gasteiger partial charge in [0, 0.05) is 16.3 Å². The van der Waals surface area contributed by atoms with Gasteiger partial charge in [0.2, 0.25) is 0 Å². The molecule has 1 aromatic heterocycles. The van der Waals surface area contributed by atoms with Crippen LogP contribution >= 0.6 is 11.3 Å². The van der Waals surface area contributed by atoms with Crippen LogP contribution in [0.2, 0.25) is 0 Å². The van der Waals surface area contributed by atoms with Crippen molar-refractivity contribution in [1.29, 1.82) is 0 Å². The molecule has 86 valence electrons. The molecule has 0 aromatic carbocycles. The minimum absolute atomic E-state index is 0.838. The van der Waals surface area contributed by atoms with Crippen molar-refractivity contribution in [1.82, 2.24) is 5.32 Å². The molecule has 0 saturated carbocycles. The summed E-state index contributed by atoms with van der Waals surface area (Å²) in [6.45, 7) is 11.1. The molecule has 2 heteroatoms. The molecule has 15 heavy (non-hydrogen) atoms. The van der Waals surface area contributed by atoms with E-state index in [0.29, 0.717) is 0 Å². The molecular formula is C13H23NS. The Balaban J connectivity index is 2.34. The lowest BCUT2D eigenvalue weighted by molar-refractivity contribution is 0.449. The zero-order valence-electron chi connectivity index (χ0n) is 10.4. The molecule has 0 bridgehead atoms. The van der Waals surface area contributed by atoms with Crippen LogP contribution in [0.25, 0.3) is 0 Å². The number of rotatable bonds is 6. The zero-order valence-corrected chi connectivity index (χ0v) is 11.2. The lowest BCUT2D eigenvalue weighted by atomic mass is 10.0. The summed E-state index contributed by atoms with van der Waals surface area (Å²) in [6, 6.07) is 2.31. The van der Waals surface area contributed by atoms with E-state index in [2.05, 4.69) is 39.1 Å². The first-order chi connectivity index (χ1) is 7.17. The Labute approximate surface area is 97.9 Å². The normalized spacial score (nSPS) is 11.3. The molecule has 0 fully saturated rings. The van der Waals surface area contributed by atoms with Gasteiger partial charge in [0.1, 0.15) is 0 Å². The zero-order chi connectivity index (χ0) is 11.3. The quantitative estimate of drug-likeness (QED) is 0.774. The summed E-state index contributed by atoms with van der Waals surface area (Å²) >= 11 is 1.90. The van der Waals surface area contributed by atoms with Crippen molar-refractivity contribution < 1.29 is 0 Å². The highest BCUT2D eigenvalue weighted by atomic mass is 32.1. The summed E-state index contributed by atoms with van der Waals surface area (Å²) < 4.78 is 0. The van der Waals surface area contributed by atoms with E-state index >= 15 is 0 Å². The molecule has 1 rings (SSSR count). The Bertz CT molecular complexity index is 287. The van der Waals surface area contributed by atoms with Gasteiger partial charge in [0.15, 0.2) is 0 Å². The first-order valence-corrected chi connectivity index (χ1v) is 6.75. The molecule has 0 aliphatic heterocycles. The maximum atomic E-state index is 3.56. The number of nitrogens with one attached hydrogen (secondary N) is 1. The van der Waals surface area contributed by atoms with Crippen LogP contribution in [0.15, 0.2) is 6.07 Å². The summed E-state index contributed by atoms with van der Waals surface area (Å²) in [6.07, 6.45) is 2.57. The Morgan fingerprint density at radius 2 is 1.93 bits per heavy atom. The maximum absolute atomic E-state index is 3.56. The van der Waals surface area contributed by atoms with Crippen LogP contribution in [0.4, 0.5) is 0 Å². The fourth-order valence-corrected chi connectivity index (χ4v) is 2.79. The molecule has 0 unspecified atom stereocenters. The Morgan fingerprint density at radius 1 is 1.27 bits per heavy atom. The van der Waals surface area contributed by atoms with E-state index in [9.17, 15) is 0 Å². The van der Waals surface area contributed by atoms with Crippen LogP contribution in [-0.4, -0.2) is 6.54 Å². The van der Waals surface area contributed by atoms with E-state index in [1.807, 2.05) is 11.3 Å². The average molecular weight is 225 g/mol. The van der Waals surface area contributed by atoms with Crippen LogP contribution in [0.5, 0.6) is 0 Å². The van der Waals surface area contributed by atoms with E-state index in [0.717, 1.165) is 19.0 Å². The van der Waals surface area contributed by atoms with Gasteiger partial charge in [-0.05, 0) is 37.9 Å². The first-order valence-electron chi connectivity index (χ1n) is 5.94. The number of hydrogen-bond acceptors (Lipinski definition) is 2. The van der Waals surface area contributed by atoms with E-state index in [1.54, 1.807) is 0 Å². The van der Waals surface area contributed by atoms with Crippen molar-refractivity contribution in [2.24, 2.45) is 5.92 Å². The van der Waals surface area contributed by atoms with Gasteiger partial charge in [-0.3, -0.25) is 0 Å². The smallest absolute Gasteiger partial charge is 0.0216 e. The fraction of sp³-hybridized carbons (Fsp3) is 0.692. The monoisotopic (exact) mass is 225 g/mol. The molecule has 0 radical (unpaired) electrons.